The molecule has 0 spiro atoms. The summed E-state index contributed by atoms with van der Waals surface area (Å²) in [5, 5.41) is 12.7. The zero-order chi connectivity index (χ0) is 16.4. The molecule has 0 aliphatic rings. The Morgan fingerprint density at radius 3 is 2.61 bits per heavy atom. The van der Waals surface area contributed by atoms with Crippen molar-refractivity contribution in [2.24, 2.45) is 0 Å². The predicted molar refractivity (Wildman–Crippen MR) is 82.7 cm³/mol. The molecule has 0 aliphatic carbocycles. The van der Waals surface area contributed by atoms with E-state index in [0.717, 1.165) is 17.5 Å². The van der Waals surface area contributed by atoms with Gasteiger partial charge in [0.25, 0.3) is 0 Å². The standard InChI is InChI=1S/C17H12F2N2O2/c18-13-6-5-10(7-14(13)19)20-16-8-11(9-17(22)23)21-15-4-2-1-3-12(15)16/h1-8H,9H2,(H,20,21)(H,22,23). The molecule has 3 rings (SSSR count). The normalized spacial score (nSPS) is 10.7. The van der Waals surface area contributed by atoms with Crippen LogP contribution in [0.15, 0.2) is 48.5 Å². The number of nitrogens with zero attached hydrogens (tertiary/aromatic N) is 1. The molecule has 0 unspecified atom stereocenters. The van der Waals surface area contributed by atoms with Crippen LogP contribution in [0.2, 0.25) is 0 Å². The number of fused-ring (bicyclic) bond motifs is 1. The number of halogens is 2. The highest BCUT2D eigenvalue weighted by atomic mass is 19.2. The van der Waals surface area contributed by atoms with Gasteiger partial charge in [0.05, 0.1) is 17.6 Å². The molecule has 0 saturated heterocycles. The maximum atomic E-state index is 13.3. The molecule has 0 saturated carbocycles. The van der Waals surface area contributed by atoms with Crippen molar-refractivity contribution in [3.8, 4) is 0 Å². The minimum atomic E-state index is -0.994. The molecule has 116 valence electrons. The Kier molecular flexibility index (Phi) is 3.89. The van der Waals surface area contributed by atoms with E-state index in [9.17, 15) is 13.6 Å². The average molecular weight is 314 g/mol. The molecule has 1 heterocycles. The fourth-order valence-electron chi connectivity index (χ4n) is 2.31. The molecule has 2 aromatic carbocycles. The first-order valence-electron chi connectivity index (χ1n) is 6.85. The Labute approximate surface area is 130 Å². The number of hydrogen-bond donors (Lipinski definition) is 2. The van der Waals surface area contributed by atoms with Crippen molar-refractivity contribution >= 4 is 28.2 Å². The zero-order valence-electron chi connectivity index (χ0n) is 11.9. The molecule has 6 heteroatoms. The molecular weight excluding hydrogens is 302 g/mol. The lowest BCUT2D eigenvalue weighted by Gasteiger charge is -2.11. The van der Waals surface area contributed by atoms with E-state index in [1.54, 1.807) is 18.2 Å². The molecule has 4 nitrogen and oxygen atoms in total. The van der Waals surface area contributed by atoms with Crippen molar-refractivity contribution in [1.29, 1.82) is 0 Å². The second-order valence-corrected chi connectivity index (χ2v) is 5.00. The van der Waals surface area contributed by atoms with Gasteiger partial charge in [-0.15, -0.1) is 0 Å². The Morgan fingerprint density at radius 2 is 1.87 bits per heavy atom. The minimum absolute atomic E-state index is 0.225. The highest BCUT2D eigenvalue weighted by Crippen LogP contribution is 2.27. The number of anilines is 2. The van der Waals surface area contributed by atoms with Crippen LogP contribution >= 0.6 is 0 Å². The number of carboxylic acids is 1. The third-order valence-electron chi connectivity index (χ3n) is 3.30. The van der Waals surface area contributed by atoms with Crippen LogP contribution in [0.25, 0.3) is 10.9 Å². The van der Waals surface area contributed by atoms with Crippen molar-refractivity contribution in [2.75, 3.05) is 5.32 Å². The van der Waals surface area contributed by atoms with E-state index in [0.29, 0.717) is 22.6 Å². The number of hydrogen-bond acceptors (Lipinski definition) is 3. The van der Waals surface area contributed by atoms with E-state index in [-0.39, 0.29) is 6.42 Å². The third kappa shape index (κ3) is 3.26. The first-order valence-corrected chi connectivity index (χ1v) is 6.85. The van der Waals surface area contributed by atoms with Crippen LogP contribution in [0.4, 0.5) is 20.2 Å². The molecule has 0 radical (unpaired) electrons. The van der Waals surface area contributed by atoms with Crippen LogP contribution in [-0.2, 0) is 11.2 Å². The van der Waals surface area contributed by atoms with Gasteiger partial charge in [-0.3, -0.25) is 9.78 Å². The van der Waals surface area contributed by atoms with Gasteiger partial charge in [0, 0.05) is 22.8 Å². The second-order valence-electron chi connectivity index (χ2n) is 5.00. The average Bonchev–Trinajstić information content (AvgIpc) is 2.50. The topological polar surface area (TPSA) is 62.2 Å². The molecule has 0 fully saturated rings. The van der Waals surface area contributed by atoms with Gasteiger partial charge in [-0.2, -0.15) is 0 Å². The molecule has 3 aromatic rings. The number of aromatic nitrogens is 1. The summed E-state index contributed by atoms with van der Waals surface area (Å²) in [6, 6.07) is 12.3. The lowest BCUT2D eigenvalue weighted by Crippen LogP contribution is -2.04. The summed E-state index contributed by atoms with van der Waals surface area (Å²) in [6.45, 7) is 0. The number of nitrogens with one attached hydrogen (secondary N) is 1. The van der Waals surface area contributed by atoms with Gasteiger partial charge in [0.15, 0.2) is 11.6 Å². The highest BCUT2D eigenvalue weighted by molar-refractivity contribution is 5.93. The van der Waals surface area contributed by atoms with Gasteiger partial charge in [0.2, 0.25) is 0 Å². The molecule has 2 N–H and O–H groups in total. The summed E-state index contributed by atoms with van der Waals surface area (Å²) in [7, 11) is 0. The molecular formula is C17H12F2N2O2. The Hall–Kier alpha value is -3.02. The van der Waals surface area contributed by atoms with Gasteiger partial charge in [-0.25, -0.2) is 8.78 Å². The Bertz CT molecular complexity index is 897. The van der Waals surface area contributed by atoms with Crippen LogP contribution in [0.1, 0.15) is 5.69 Å². The van der Waals surface area contributed by atoms with Crippen LogP contribution in [0.3, 0.4) is 0 Å². The lowest BCUT2D eigenvalue weighted by atomic mass is 10.1. The summed E-state index contributed by atoms with van der Waals surface area (Å²) in [6.07, 6.45) is -0.225. The molecule has 0 aliphatic heterocycles. The number of para-hydroxylation sites is 1. The van der Waals surface area contributed by atoms with Gasteiger partial charge in [0.1, 0.15) is 0 Å². The fourth-order valence-corrected chi connectivity index (χ4v) is 2.31. The van der Waals surface area contributed by atoms with Crippen molar-refractivity contribution in [3.63, 3.8) is 0 Å². The maximum Gasteiger partial charge on any atom is 0.309 e. The summed E-state index contributed by atoms with van der Waals surface area (Å²) in [4.78, 5) is 15.2. The number of carboxylic acid groups (broad SMARTS) is 1. The van der Waals surface area contributed by atoms with E-state index in [1.165, 1.54) is 6.07 Å². The maximum absolute atomic E-state index is 13.3. The fraction of sp³-hybridized carbons (Fsp3) is 0.0588. The van der Waals surface area contributed by atoms with E-state index in [4.69, 9.17) is 5.11 Å². The number of aliphatic carboxylic acids is 1. The van der Waals surface area contributed by atoms with Crippen molar-refractivity contribution in [1.82, 2.24) is 4.98 Å². The summed E-state index contributed by atoms with van der Waals surface area (Å²) in [5.41, 5.74) is 1.94. The molecule has 23 heavy (non-hydrogen) atoms. The first-order chi connectivity index (χ1) is 11.0. The van der Waals surface area contributed by atoms with Crippen LogP contribution in [-0.4, -0.2) is 16.1 Å². The monoisotopic (exact) mass is 314 g/mol. The number of carbonyl (C=O) groups is 1. The Morgan fingerprint density at radius 1 is 1.09 bits per heavy atom. The number of benzene rings is 2. The van der Waals surface area contributed by atoms with E-state index in [1.807, 2.05) is 12.1 Å². The van der Waals surface area contributed by atoms with Crippen molar-refractivity contribution < 1.29 is 18.7 Å². The van der Waals surface area contributed by atoms with Crippen molar-refractivity contribution in [3.05, 3.63) is 65.9 Å². The van der Waals surface area contributed by atoms with Crippen LogP contribution in [0.5, 0.6) is 0 Å². The smallest absolute Gasteiger partial charge is 0.309 e. The molecule has 1 aromatic heterocycles. The minimum Gasteiger partial charge on any atom is -0.481 e. The predicted octanol–water partition coefficient (Wildman–Crippen LogP) is 3.88. The largest absolute Gasteiger partial charge is 0.481 e. The molecule has 0 bridgehead atoms. The zero-order valence-corrected chi connectivity index (χ0v) is 11.9. The van der Waals surface area contributed by atoms with E-state index < -0.39 is 17.6 Å². The summed E-state index contributed by atoms with van der Waals surface area (Å²) >= 11 is 0. The lowest BCUT2D eigenvalue weighted by molar-refractivity contribution is -0.136. The first kappa shape index (κ1) is 14.9. The van der Waals surface area contributed by atoms with Crippen molar-refractivity contribution in [2.45, 2.75) is 6.42 Å². The van der Waals surface area contributed by atoms with Gasteiger partial charge >= 0.3 is 5.97 Å². The summed E-state index contributed by atoms with van der Waals surface area (Å²) < 4.78 is 26.4. The number of rotatable bonds is 4. The Balaban J connectivity index is 2.06. The third-order valence-corrected chi connectivity index (χ3v) is 3.30. The highest BCUT2D eigenvalue weighted by Gasteiger charge is 2.10. The van der Waals surface area contributed by atoms with Gasteiger partial charge in [-0.05, 0) is 24.3 Å². The van der Waals surface area contributed by atoms with Gasteiger partial charge < -0.3 is 10.4 Å². The van der Waals surface area contributed by atoms with Gasteiger partial charge in [-0.1, -0.05) is 18.2 Å². The SMILES string of the molecule is O=C(O)Cc1cc(Nc2ccc(F)c(F)c2)c2ccccc2n1. The van der Waals surface area contributed by atoms with Crippen LogP contribution in [0, 0.1) is 11.6 Å². The molecule has 0 atom stereocenters. The summed E-state index contributed by atoms with van der Waals surface area (Å²) in [5.74, 6) is -2.88. The van der Waals surface area contributed by atoms with E-state index in [2.05, 4.69) is 10.3 Å². The van der Waals surface area contributed by atoms with E-state index >= 15 is 0 Å². The molecule has 0 amide bonds. The quantitative estimate of drug-likeness (QED) is 0.767. The number of pyridine rings is 1. The van der Waals surface area contributed by atoms with Crippen LogP contribution < -0.4 is 5.32 Å². The second kappa shape index (κ2) is 6.00.